The van der Waals surface area contributed by atoms with Crippen molar-refractivity contribution in [2.45, 2.75) is 116 Å². The molecule has 1 saturated carbocycles. The van der Waals surface area contributed by atoms with Gasteiger partial charge in [0.25, 0.3) is 0 Å². The van der Waals surface area contributed by atoms with Crippen LogP contribution in [0.3, 0.4) is 0 Å². The topological polar surface area (TPSA) is 192 Å². The molecule has 1 aliphatic carbocycles. The highest BCUT2D eigenvalue weighted by Gasteiger charge is 2.59. The Hall–Kier alpha value is -4.04. The number of esters is 3. The second-order valence-electron chi connectivity index (χ2n) is 14.0. The molecule has 1 unspecified atom stereocenters. The van der Waals surface area contributed by atoms with E-state index >= 15 is 0 Å². The van der Waals surface area contributed by atoms with Gasteiger partial charge >= 0.3 is 25.7 Å². The first kappa shape index (κ1) is 37.2. The smallest absolute Gasteiger partial charge is 0.459 e. The molecule has 50 heavy (non-hydrogen) atoms. The molecule has 16 heteroatoms. The van der Waals surface area contributed by atoms with Gasteiger partial charge in [-0.1, -0.05) is 32.9 Å². The molecule has 1 saturated heterocycles. The highest BCUT2D eigenvalue weighted by molar-refractivity contribution is 7.52. The average molecular weight is 716 g/mol. The van der Waals surface area contributed by atoms with E-state index in [1.54, 1.807) is 38.1 Å². The number of hydrogen-bond acceptors (Lipinski definition) is 13. The summed E-state index contributed by atoms with van der Waals surface area (Å²) in [7, 11) is -4.27. The normalized spacial score (nSPS) is 24.2. The quantitative estimate of drug-likeness (QED) is 0.140. The van der Waals surface area contributed by atoms with E-state index < -0.39 is 62.2 Å². The van der Waals surface area contributed by atoms with Gasteiger partial charge in [0.2, 0.25) is 0 Å². The van der Waals surface area contributed by atoms with Crippen LogP contribution in [0.25, 0.3) is 5.52 Å². The Morgan fingerprint density at radius 2 is 1.76 bits per heavy atom. The molecule has 0 radical (unpaired) electrons. The number of nitrogens with zero attached hydrogens (tertiary/aromatic N) is 3. The van der Waals surface area contributed by atoms with E-state index in [2.05, 4.69) is 35.9 Å². The number of nitrogens with two attached hydrogens (primary N) is 1. The molecule has 272 valence electrons. The number of rotatable bonds is 13. The van der Waals surface area contributed by atoms with E-state index in [-0.39, 0.29) is 29.5 Å². The number of carbonyl (C=O) groups excluding carboxylic acids is 3. The van der Waals surface area contributed by atoms with Crippen molar-refractivity contribution in [1.82, 2.24) is 19.7 Å². The van der Waals surface area contributed by atoms with Gasteiger partial charge in [0.1, 0.15) is 35.4 Å². The third-order valence-electron chi connectivity index (χ3n) is 8.75. The van der Waals surface area contributed by atoms with Crippen LogP contribution in [0, 0.1) is 0 Å². The molecule has 1 aliphatic heterocycles. The number of ether oxygens (including phenoxy) is 4. The number of benzene rings is 1. The minimum atomic E-state index is -4.27. The molecule has 3 N–H and O–H groups in total. The summed E-state index contributed by atoms with van der Waals surface area (Å²) in [5.41, 5.74) is 6.40. The highest BCUT2D eigenvalue weighted by atomic mass is 31.2. The van der Waals surface area contributed by atoms with Crippen molar-refractivity contribution in [3.8, 4) is 5.75 Å². The van der Waals surface area contributed by atoms with Gasteiger partial charge in [-0.3, -0.25) is 18.9 Å². The van der Waals surface area contributed by atoms with Crippen molar-refractivity contribution in [2.24, 2.45) is 0 Å². The molecule has 0 amide bonds. The summed E-state index contributed by atoms with van der Waals surface area (Å²) >= 11 is 0. The zero-order valence-corrected chi connectivity index (χ0v) is 30.3. The molecule has 3 aromatic rings. The minimum Gasteiger partial charge on any atom is -0.462 e. The summed E-state index contributed by atoms with van der Waals surface area (Å²) in [5, 5.41) is 7.16. The minimum absolute atomic E-state index is 0.0922. The number of fused-ring (bicyclic) bond motifs is 1. The van der Waals surface area contributed by atoms with Crippen molar-refractivity contribution in [1.29, 1.82) is 0 Å². The van der Waals surface area contributed by atoms with E-state index in [4.69, 9.17) is 33.7 Å². The van der Waals surface area contributed by atoms with Crippen LogP contribution >= 0.6 is 7.75 Å². The third kappa shape index (κ3) is 8.45. The van der Waals surface area contributed by atoms with Gasteiger partial charge in [0, 0.05) is 19.9 Å². The summed E-state index contributed by atoms with van der Waals surface area (Å²) in [4.78, 5) is 41.4. The molecule has 3 heterocycles. The number of aromatic nitrogens is 3. The lowest BCUT2D eigenvalue weighted by molar-refractivity contribution is -0.168. The lowest BCUT2D eigenvalue weighted by Gasteiger charge is -2.30. The summed E-state index contributed by atoms with van der Waals surface area (Å²) in [5.74, 6) is -1.31. The Kier molecular flexibility index (Phi) is 10.9. The molecule has 15 nitrogen and oxygen atoms in total. The lowest BCUT2D eigenvalue weighted by Crippen LogP contribution is -2.45. The SMILES string of the molecule is CC(=O)O[C@H]1[C@@H](OC(C)=O)[C@](C)(c2ccc3c(N)ncnn23)O[C@@H]1COP(=O)(N[C@@H](C)CC(=O)OC1CCC1)Oc1ccc(C(C)(C)C)cc1. The zero-order valence-electron chi connectivity index (χ0n) is 29.4. The number of nitrogens with one attached hydrogen (secondary N) is 1. The van der Waals surface area contributed by atoms with Crippen LogP contribution in [-0.2, 0) is 53.4 Å². The van der Waals surface area contributed by atoms with Gasteiger partial charge in [-0.25, -0.2) is 19.2 Å². The lowest BCUT2D eigenvalue weighted by atomic mass is 9.87. The van der Waals surface area contributed by atoms with Crippen molar-refractivity contribution in [3.63, 3.8) is 0 Å². The molecule has 0 spiro atoms. The van der Waals surface area contributed by atoms with Gasteiger partial charge < -0.3 is 29.2 Å². The van der Waals surface area contributed by atoms with E-state index in [1.165, 1.54) is 24.7 Å². The monoisotopic (exact) mass is 715 g/mol. The summed E-state index contributed by atoms with van der Waals surface area (Å²) in [6.45, 7) is 11.5. The standard InChI is InChI=1S/C34H46N5O10P/c1-20(17-29(42)47-24-9-8-10-24)38-50(43,49-25-13-11-23(12-14-25)33(4,5)6)44-18-27-30(45-21(2)40)31(46-22(3)41)34(7,48-27)28-16-15-26-32(35)36-19-37-39(26)28/h11-16,19-20,24,27,30-31H,8-10,17-18H2,1-7H3,(H,38,43)(H2,35,36,37)/t20-,27+,30+,31+,34-,50?/m0/s1. The first-order valence-corrected chi connectivity index (χ1v) is 18.1. The summed E-state index contributed by atoms with van der Waals surface area (Å²) in [6, 6.07) is 9.77. The Labute approximate surface area is 291 Å². The van der Waals surface area contributed by atoms with E-state index in [9.17, 15) is 18.9 Å². The summed E-state index contributed by atoms with van der Waals surface area (Å²) in [6.07, 6.45) is 0.198. The zero-order chi connectivity index (χ0) is 36.4. The molecule has 5 rings (SSSR count). The Morgan fingerprint density at radius 3 is 2.36 bits per heavy atom. The maximum Gasteiger partial charge on any atom is 0.459 e. The van der Waals surface area contributed by atoms with Crippen molar-refractivity contribution >= 4 is 37.0 Å². The largest absolute Gasteiger partial charge is 0.462 e. The van der Waals surface area contributed by atoms with Crippen molar-refractivity contribution in [3.05, 3.63) is 54.0 Å². The van der Waals surface area contributed by atoms with Gasteiger partial charge in [-0.2, -0.15) is 5.10 Å². The fourth-order valence-corrected chi connectivity index (χ4v) is 7.57. The first-order chi connectivity index (χ1) is 23.5. The Bertz CT molecular complexity index is 1750. The average Bonchev–Trinajstić information content (AvgIpc) is 3.54. The number of nitrogen functional groups attached to an aromatic ring is 1. The fraction of sp³-hybridized carbons (Fsp3) is 0.559. The molecule has 2 aliphatic rings. The predicted molar refractivity (Wildman–Crippen MR) is 181 cm³/mol. The molecular weight excluding hydrogens is 669 g/mol. The highest BCUT2D eigenvalue weighted by Crippen LogP contribution is 2.49. The molecule has 6 atom stereocenters. The molecule has 2 aromatic heterocycles. The van der Waals surface area contributed by atoms with E-state index in [1.807, 2.05) is 12.1 Å². The fourth-order valence-electron chi connectivity index (χ4n) is 6.01. The van der Waals surface area contributed by atoms with Gasteiger partial charge in [-0.15, -0.1) is 0 Å². The van der Waals surface area contributed by atoms with Crippen LogP contribution in [0.15, 0.2) is 42.7 Å². The van der Waals surface area contributed by atoms with Crippen LogP contribution in [0.4, 0.5) is 5.82 Å². The van der Waals surface area contributed by atoms with E-state index in [0.717, 1.165) is 24.8 Å². The second-order valence-corrected chi connectivity index (χ2v) is 15.7. The first-order valence-electron chi connectivity index (χ1n) is 16.6. The number of anilines is 1. The van der Waals surface area contributed by atoms with Crippen LogP contribution in [0.1, 0.15) is 85.4 Å². The second kappa shape index (κ2) is 14.7. The number of hydrogen-bond donors (Lipinski definition) is 2. The maximum absolute atomic E-state index is 14.5. The van der Waals surface area contributed by atoms with E-state index in [0.29, 0.717) is 11.2 Å². The van der Waals surface area contributed by atoms with Crippen LogP contribution < -0.4 is 15.3 Å². The van der Waals surface area contributed by atoms with Gasteiger partial charge in [0.15, 0.2) is 18.0 Å². The Balaban J connectivity index is 1.44. The third-order valence-corrected chi connectivity index (χ3v) is 10.4. The van der Waals surface area contributed by atoms with Crippen LogP contribution in [-0.4, -0.2) is 69.6 Å². The molecule has 2 fully saturated rings. The Morgan fingerprint density at radius 1 is 1.08 bits per heavy atom. The summed E-state index contributed by atoms with van der Waals surface area (Å²) < 4.78 is 51.4. The van der Waals surface area contributed by atoms with Crippen LogP contribution in [0.2, 0.25) is 0 Å². The van der Waals surface area contributed by atoms with Crippen LogP contribution in [0.5, 0.6) is 5.75 Å². The molecular formula is C34H46N5O10P. The van der Waals surface area contributed by atoms with Gasteiger partial charge in [-0.05, 0) is 68.4 Å². The molecule has 1 aromatic carbocycles. The van der Waals surface area contributed by atoms with Gasteiger partial charge in [0.05, 0.1) is 18.7 Å². The maximum atomic E-state index is 14.5. The molecule has 0 bridgehead atoms. The number of carbonyl (C=O) groups is 3. The van der Waals surface area contributed by atoms with Crippen molar-refractivity contribution < 1.29 is 46.9 Å². The predicted octanol–water partition coefficient (Wildman–Crippen LogP) is 4.75. The van der Waals surface area contributed by atoms with Crippen molar-refractivity contribution in [2.75, 3.05) is 12.3 Å².